The predicted octanol–water partition coefficient (Wildman–Crippen LogP) is 0.155. The molecule has 0 aromatic heterocycles. The highest BCUT2D eigenvalue weighted by atomic mass is 32.2. The highest BCUT2D eigenvalue weighted by molar-refractivity contribution is 7.99. The minimum atomic E-state index is -0.255. The maximum absolute atomic E-state index is 6.01. The second-order valence-corrected chi connectivity index (χ2v) is 5.69. The molecule has 0 aromatic carbocycles. The third kappa shape index (κ3) is 3.26. The van der Waals surface area contributed by atoms with Crippen LogP contribution in [0, 0.1) is 0 Å². The fourth-order valence-electron chi connectivity index (χ4n) is 2.06. The van der Waals surface area contributed by atoms with Gasteiger partial charge in [-0.3, -0.25) is 4.99 Å². The summed E-state index contributed by atoms with van der Waals surface area (Å²) >= 11 is 1.97. The number of thioether (sulfide) groups is 1. The monoisotopic (exact) mass is 259 g/mol. The number of aliphatic imine (C=N–C) groups is 1. The summed E-state index contributed by atoms with van der Waals surface area (Å²) in [7, 11) is 1.72. The summed E-state index contributed by atoms with van der Waals surface area (Å²) in [6.45, 7) is 3.96. The van der Waals surface area contributed by atoms with Crippen molar-refractivity contribution < 1.29 is 9.47 Å². The van der Waals surface area contributed by atoms with Gasteiger partial charge in [-0.2, -0.15) is 11.8 Å². The van der Waals surface area contributed by atoms with Gasteiger partial charge in [0.25, 0.3) is 0 Å². The largest absolute Gasteiger partial charge is 0.378 e. The van der Waals surface area contributed by atoms with Crippen LogP contribution < -0.4 is 5.73 Å². The Kier molecular flexibility index (Phi) is 4.53. The summed E-state index contributed by atoms with van der Waals surface area (Å²) in [5.74, 6) is 2.91. The lowest BCUT2D eigenvalue weighted by Gasteiger charge is -2.29. The van der Waals surface area contributed by atoms with Crippen LogP contribution in [0.3, 0.4) is 0 Å². The number of methoxy groups -OCH3 is 1. The summed E-state index contributed by atoms with van der Waals surface area (Å²) < 4.78 is 10.9. The molecule has 0 bridgehead atoms. The second kappa shape index (κ2) is 5.93. The van der Waals surface area contributed by atoms with Crippen LogP contribution in [0.25, 0.3) is 0 Å². The summed E-state index contributed by atoms with van der Waals surface area (Å²) in [5, 5.41) is 0. The molecule has 1 atom stereocenters. The molecule has 0 spiro atoms. The second-order valence-electron chi connectivity index (χ2n) is 4.46. The molecule has 5 nitrogen and oxygen atoms in total. The van der Waals surface area contributed by atoms with E-state index in [9.17, 15) is 0 Å². The van der Waals surface area contributed by atoms with Gasteiger partial charge in [0.1, 0.15) is 5.60 Å². The van der Waals surface area contributed by atoms with Crippen molar-refractivity contribution in [3.8, 4) is 0 Å². The molecular weight excluding hydrogens is 238 g/mol. The number of rotatable bonds is 3. The number of hydrogen-bond acceptors (Lipinski definition) is 4. The van der Waals surface area contributed by atoms with Crippen molar-refractivity contribution >= 4 is 17.7 Å². The van der Waals surface area contributed by atoms with Gasteiger partial charge < -0.3 is 20.1 Å². The Balaban J connectivity index is 1.89. The molecule has 1 unspecified atom stereocenters. The number of nitrogens with zero attached hydrogens (tertiary/aromatic N) is 2. The normalized spacial score (nSPS) is 30.9. The molecule has 2 heterocycles. The fraction of sp³-hybridized carbons (Fsp3) is 0.909. The molecule has 2 N–H and O–H groups in total. The van der Waals surface area contributed by atoms with Gasteiger partial charge in [-0.15, -0.1) is 0 Å². The zero-order chi connectivity index (χ0) is 12.1. The van der Waals surface area contributed by atoms with Crippen LogP contribution >= 0.6 is 11.8 Å². The number of ether oxygens (including phenoxy) is 2. The van der Waals surface area contributed by atoms with Crippen molar-refractivity contribution in [2.24, 2.45) is 10.7 Å². The van der Waals surface area contributed by atoms with E-state index in [0.717, 1.165) is 37.6 Å². The fourth-order valence-corrected chi connectivity index (χ4v) is 2.96. The Bertz CT molecular complexity index is 274. The van der Waals surface area contributed by atoms with E-state index < -0.39 is 0 Å². The first-order chi connectivity index (χ1) is 8.26. The molecule has 0 amide bonds. The van der Waals surface area contributed by atoms with Crippen molar-refractivity contribution in [3.63, 3.8) is 0 Å². The Morgan fingerprint density at radius 2 is 2.29 bits per heavy atom. The van der Waals surface area contributed by atoms with Crippen LogP contribution in [0.4, 0.5) is 0 Å². The third-order valence-electron chi connectivity index (χ3n) is 3.36. The number of guanidine groups is 1. The molecule has 6 heteroatoms. The van der Waals surface area contributed by atoms with Crippen molar-refractivity contribution in [2.45, 2.75) is 12.0 Å². The molecule has 0 aliphatic carbocycles. The molecule has 17 heavy (non-hydrogen) atoms. The van der Waals surface area contributed by atoms with E-state index in [1.165, 1.54) is 0 Å². The van der Waals surface area contributed by atoms with E-state index >= 15 is 0 Å². The van der Waals surface area contributed by atoms with Crippen LogP contribution in [0.15, 0.2) is 4.99 Å². The summed E-state index contributed by atoms with van der Waals surface area (Å²) in [6, 6.07) is 0. The SMILES string of the molecule is COC1(CN=C(N)N2CCSCC2)CCOC1. The first kappa shape index (κ1) is 13.0. The average molecular weight is 259 g/mol. The molecule has 2 saturated heterocycles. The lowest BCUT2D eigenvalue weighted by Crippen LogP contribution is -2.44. The van der Waals surface area contributed by atoms with Crippen molar-refractivity contribution in [3.05, 3.63) is 0 Å². The Morgan fingerprint density at radius 1 is 1.53 bits per heavy atom. The molecule has 0 aromatic rings. The number of hydrogen-bond donors (Lipinski definition) is 1. The minimum Gasteiger partial charge on any atom is -0.378 e. The lowest BCUT2D eigenvalue weighted by molar-refractivity contribution is -0.00917. The summed E-state index contributed by atoms with van der Waals surface area (Å²) in [4.78, 5) is 6.63. The molecule has 2 aliphatic rings. The molecule has 2 rings (SSSR count). The van der Waals surface area contributed by atoms with E-state index in [0.29, 0.717) is 19.1 Å². The zero-order valence-electron chi connectivity index (χ0n) is 10.4. The molecule has 2 fully saturated rings. The smallest absolute Gasteiger partial charge is 0.191 e. The first-order valence-corrected chi connectivity index (χ1v) is 7.17. The predicted molar refractivity (Wildman–Crippen MR) is 70.6 cm³/mol. The molecule has 98 valence electrons. The lowest BCUT2D eigenvalue weighted by atomic mass is 10.0. The van der Waals surface area contributed by atoms with E-state index in [4.69, 9.17) is 15.2 Å². The zero-order valence-corrected chi connectivity index (χ0v) is 11.2. The van der Waals surface area contributed by atoms with Crippen LogP contribution in [-0.4, -0.2) is 67.9 Å². The van der Waals surface area contributed by atoms with Crippen molar-refractivity contribution in [1.29, 1.82) is 0 Å². The van der Waals surface area contributed by atoms with Gasteiger partial charge in [0.2, 0.25) is 0 Å². The van der Waals surface area contributed by atoms with E-state index in [1.807, 2.05) is 11.8 Å². The third-order valence-corrected chi connectivity index (χ3v) is 4.31. The van der Waals surface area contributed by atoms with Gasteiger partial charge in [0, 0.05) is 44.7 Å². The van der Waals surface area contributed by atoms with E-state index in [1.54, 1.807) is 7.11 Å². The van der Waals surface area contributed by atoms with E-state index in [-0.39, 0.29) is 5.60 Å². The highest BCUT2D eigenvalue weighted by Gasteiger charge is 2.34. The molecule has 0 saturated carbocycles. The summed E-state index contributed by atoms with van der Waals surface area (Å²) in [6.07, 6.45) is 0.899. The topological polar surface area (TPSA) is 60.1 Å². The quantitative estimate of drug-likeness (QED) is 0.578. The van der Waals surface area contributed by atoms with Gasteiger partial charge >= 0.3 is 0 Å². The Labute approximate surface area is 107 Å². The maximum atomic E-state index is 6.01. The standard InChI is InChI=1S/C11H21N3O2S/c1-15-11(2-5-16-9-11)8-13-10(12)14-3-6-17-7-4-14/h2-9H2,1H3,(H2,12,13). The van der Waals surface area contributed by atoms with Crippen molar-refractivity contribution in [1.82, 2.24) is 4.90 Å². The van der Waals surface area contributed by atoms with Crippen LogP contribution in [0.2, 0.25) is 0 Å². The molecular formula is C11H21N3O2S. The van der Waals surface area contributed by atoms with Gasteiger partial charge in [-0.25, -0.2) is 0 Å². The van der Waals surface area contributed by atoms with Crippen LogP contribution in [0.5, 0.6) is 0 Å². The van der Waals surface area contributed by atoms with Gasteiger partial charge in [-0.1, -0.05) is 0 Å². The highest BCUT2D eigenvalue weighted by Crippen LogP contribution is 2.22. The van der Waals surface area contributed by atoms with Crippen molar-refractivity contribution in [2.75, 3.05) is 51.5 Å². The average Bonchev–Trinajstić information content (AvgIpc) is 2.86. The van der Waals surface area contributed by atoms with Crippen LogP contribution in [-0.2, 0) is 9.47 Å². The minimum absolute atomic E-state index is 0.255. The maximum Gasteiger partial charge on any atom is 0.191 e. The summed E-state index contributed by atoms with van der Waals surface area (Å²) in [5.41, 5.74) is 5.76. The van der Waals surface area contributed by atoms with Gasteiger partial charge in [0.15, 0.2) is 5.96 Å². The Hall–Kier alpha value is -0.460. The molecule has 2 aliphatic heterocycles. The first-order valence-electron chi connectivity index (χ1n) is 6.01. The molecule has 0 radical (unpaired) electrons. The van der Waals surface area contributed by atoms with Gasteiger partial charge in [-0.05, 0) is 0 Å². The van der Waals surface area contributed by atoms with Gasteiger partial charge in [0.05, 0.1) is 13.2 Å². The Morgan fingerprint density at radius 3 is 2.88 bits per heavy atom. The van der Waals surface area contributed by atoms with E-state index in [2.05, 4.69) is 9.89 Å². The number of nitrogens with two attached hydrogens (primary N) is 1. The van der Waals surface area contributed by atoms with Crippen LogP contribution in [0.1, 0.15) is 6.42 Å².